The first-order valence-corrected chi connectivity index (χ1v) is 13.0. The van der Waals surface area contributed by atoms with Crippen molar-refractivity contribution in [2.75, 3.05) is 13.1 Å². The molecule has 8 heteroatoms. The Hall–Kier alpha value is 0.950. The molecule has 2 aliphatic carbocycles. The highest BCUT2D eigenvalue weighted by atomic mass is 35.5. The third kappa shape index (κ3) is 4.42. The Labute approximate surface area is 204 Å². The lowest BCUT2D eigenvalue weighted by Crippen LogP contribution is -2.44. The van der Waals surface area contributed by atoms with Crippen molar-refractivity contribution < 1.29 is 4.79 Å². The number of likely N-dealkylation sites (tertiary alicyclic amines) is 1. The third-order valence-electron chi connectivity index (χ3n) is 6.81. The van der Waals surface area contributed by atoms with Crippen molar-refractivity contribution in [2.45, 2.75) is 91.1 Å². The van der Waals surface area contributed by atoms with Crippen molar-refractivity contribution in [3.8, 4) is 0 Å². The van der Waals surface area contributed by atoms with Gasteiger partial charge in [0.25, 0.3) is 0 Å². The fourth-order valence-electron chi connectivity index (χ4n) is 5.01. The lowest BCUT2D eigenvalue weighted by molar-refractivity contribution is -0.132. The average molecular weight is 524 g/mol. The van der Waals surface area contributed by atoms with Crippen LogP contribution in [0.5, 0.6) is 0 Å². The fraction of sp³-hybridized carbons (Fsp3) is 0.857. The zero-order valence-corrected chi connectivity index (χ0v) is 21.1. The average Bonchev–Trinajstić information content (AvgIpc) is 2.92. The first-order chi connectivity index (χ1) is 13.7. The third-order valence-corrected chi connectivity index (χ3v) is 11.1. The van der Waals surface area contributed by atoms with Gasteiger partial charge in [0.1, 0.15) is 9.75 Å². The molecule has 2 nitrogen and oxygen atoms in total. The maximum Gasteiger partial charge on any atom is 0.222 e. The van der Waals surface area contributed by atoms with E-state index in [0.717, 1.165) is 70.9 Å². The van der Waals surface area contributed by atoms with Crippen molar-refractivity contribution in [1.82, 2.24) is 4.90 Å². The summed E-state index contributed by atoms with van der Waals surface area (Å²) >= 11 is 39.2. The van der Waals surface area contributed by atoms with Gasteiger partial charge in [-0.05, 0) is 44.4 Å². The van der Waals surface area contributed by atoms with Crippen LogP contribution in [0.15, 0.2) is 10.1 Å². The molecule has 0 radical (unpaired) electrons. The van der Waals surface area contributed by atoms with Crippen LogP contribution in [0.3, 0.4) is 0 Å². The number of allylic oxidation sites excluding steroid dienone is 2. The first-order valence-electron chi connectivity index (χ1n) is 10.8. The second kappa shape index (κ2) is 9.84. The van der Waals surface area contributed by atoms with Crippen LogP contribution in [0.4, 0.5) is 0 Å². The van der Waals surface area contributed by atoms with Crippen LogP contribution in [-0.2, 0) is 4.79 Å². The summed E-state index contributed by atoms with van der Waals surface area (Å²) in [5.74, 6) is 0.339. The molecule has 0 spiro atoms. The smallest absolute Gasteiger partial charge is 0.222 e. The molecule has 3 aliphatic rings. The van der Waals surface area contributed by atoms with Gasteiger partial charge in [0.2, 0.25) is 5.91 Å². The minimum Gasteiger partial charge on any atom is -0.343 e. The van der Waals surface area contributed by atoms with Crippen LogP contribution in [0.25, 0.3) is 0 Å². The van der Waals surface area contributed by atoms with Crippen molar-refractivity contribution in [3.63, 3.8) is 0 Å². The zero-order valence-electron chi connectivity index (χ0n) is 16.6. The highest BCUT2D eigenvalue weighted by Crippen LogP contribution is 2.74. The molecule has 1 saturated carbocycles. The number of nitrogens with zero attached hydrogens (tertiary/aromatic N) is 1. The first kappa shape index (κ1) is 24.6. The standard InChI is InChI=1S/C21H29Cl6NO/c22-17-18(23)20(25)15(14-19(17,24)21(20,26)27)10-6-3-1-2-4-7-11-16(29)28-12-8-5-9-13-28/h15H,1-14H2/t15-,19-,20-/m0/s1. The van der Waals surface area contributed by atoms with E-state index in [1.807, 2.05) is 4.90 Å². The molecule has 2 bridgehead atoms. The second-order valence-electron chi connectivity index (χ2n) is 8.72. The Morgan fingerprint density at radius 1 is 0.862 bits per heavy atom. The van der Waals surface area contributed by atoms with Gasteiger partial charge in [0, 0.05) is 19.5 Å². The predicted octanol–water partition coefficient (Wildman–Crippen LogP) is 7.97. The maximum atomic E-state index is 12.2. The molecule has 3 atom stereocenters. The van der Waals surface area contributed by atoms with Gasteiger partial charge < -0.3 is 4.90 Å². The molecular formula is C21H29Cl6NO. The second-order valence-corrected chi connectivity index (χ2v) is 12.0. The summed E-state index contributed by atoms with van der Waals surface area (Å²) in [5.41, 5.74) is 0. The summed E-state index contributed by atoms with van der Waals surface area (Å²) in [4.78, 5) is 12.0. The number of fused-ring (bicyclic) bond motifs is 2. The van der Waals surface area contributed by atoms with E-state index in [1.165, 1.54) is 6.42 Å². The van der Waals surface area contributed by atoms with Crippen molar-refractivity contribution in [3.05, 3.63) is 10.1 Å². The molecule has 0 aromatic heterocycles. The highest BCUT2D eigenvalue weighted by molar-refractivity contribution is 6.65. The molecule has 1 amide bonds. The summed E-state index contributed by atoms with van der Waals surface area (Å²) < 4.78 is -1.40. The molecule has 29 heavy (non-hydrogen) atoms. The summed E-state index contributed by atoms with van der Waals surface area (Å²) in [6, 6.07) is 0. The topological polar surface area (TPSA) is 20.3 Å². The van der Waals surface area contributed by atoms with Gasteiger partial charge >= 0.3 is 0 Å². The van der Waals surface area contributed by atoms with E-state index >= 15 is 0 Å². The molecule has 1 saturated heterocycles. The van der Waals surface area contributed by atoms with Crippen molar-refractivity contribution >= 4 is 75.5 Å². The zero-order chi connectivity index (χ0) is 21.3. The minimum absolute atomic E-state index is 0.00818. The van der Waals surface area contributed by atoms with E-state index in [9.17, 15) is 4.79 Å². The fourth-order valence-corrected chi connectivity index (χ4v) is 7.88. The molecule has 0 unspecified atom stereocenters. The number of halogens is 6. The normalized spacial score (nSPS) is 33.6. The number of carbonyl (C=O) groups is 1. The van der Waals surface area contributed by atoms with Gasteiger partial charge in [0.05, 0.1) is 10.1 Å². The molecule has 1 aliphatic heterocycles. The number of hydrogen-bond acceptors (Lipinski definition) is 1. The Morgan fingerprint density at radius 2 is 1.45 bits per heavy atom. The lowest BCUT2D eigenvalue weighted by atomic mass is 9.87. The van der Waals surface area contributed by atoms with Gasteiger partial charge in [-0.1, -0.05) is 78.5 Å². The van der Waals surface area contributed by atoms with Crippen LogP contribution < -0.4 is 0 Å². The summed E-state index contributed by atoms with van der Waals surface area (Å²) in [5, 5.41) is 0.589. The Balaban J connectivity index is 1.31. The van der Waals surface area contributed by atoms with Gasteiger partial charge in [-0.3, -0.25) is 4.79 Å². The van der Waals surface area contributed by atoms with Gasteiger partial charge in [-0.25, -0.2) is 0 Å². The Bertz CT molecular complexity index is 647. The monoisotopic (exact) mass is 521 g/mol. The number of rotatable bonds is 9. The van der Waals surface area contributed by atoms with E-state index in [0.29, 0.717) is 23.8 Å². The van der Waals surface area contributed by atoms with Gasteiger partial charge in [-0.2, -0.15) is 0 Å². The molecule has 1 heterocycles. The molecule has 3 rings (SSSR count). The van der Waals surface area contributed by atoms with E-state index < -0.39 is 14.1 Å². The van der Waals surface area contributed by atoms with Crippen LogP contribution in [0.1, 0.15) is 77.0 Å². The summed E-state index contributed by atoms with van der Waals surface area (Å²) in [7, 11) is 0. The molecule has 2 fully saturated rings. The van der Waals surface area contributed by atoms with Crippen molar-refractivity contribution in [2.24, 2.45) is 5.92 Å². The SMILES string of the molecule is O=C(CCCCCCCC[C@H]1C[C@]2(Cl)C(Cl)=C(Cl)[C@]1(Cl)C2(Cl)Cl)N1CCCCC1. The van der Waals surface area contributed by atoms with Gasteiger partial charge in [0.15, 0.2) is 4.33 Å². The molecule has 0 aromatic rings. The van der Waals surface area contributed by atoms with Crippen LogP contribution >= 0.6 is 69.6 Å². The molecule has 166 valence electrons. The van der Waals surface area contributed by atoms with E-state index in [1.54, 1.807) is 0 Å². The van der Waals surface area contributed by atoms with Crippen LogP contribution in [-0.4, -0.2) is 38.0 Å². The van der Waals surface area contributed by atoms with Gasteiger partial charge in [-0.15, -0.1) is 23.2 Å². The molecular weight excluding hydrogens is 495 g/mol. The summed E-state index contributed by atoms with van der Waals surface area (Å²) in [6.07, 6.45) is 12.2. The van der Waals surface area contributed by atoms with Crippen LogP contribution in [0.2, 0.25) is 0 Å². The summed E-state index contributed by atoms with van der Waals surface area (Å²) in [6.45, 7) is 1.89. The molecule has 0 aromatic carbocycles. The maximum absolute atomic E-state index is 12.2. The number of piperidine rings is 1. The minimum atomic E-state index is -1.40. The highest BCUT2D eigenvalue weighted by Gasteiger charge is 2.77. The lowest BCUT2D eigenvalue weighted by Gasteiger charge is -2.33. The number of hydrogen-bond donors (Lipinski definition) is 0. The quantitative estimate of drug-likeness (QED) is 0.221. The predicted molar refractivity (Wildman–Crippen MR) is 126 cm³/mol. The number of carbonyl (C=O) groups excluding carboxylic acids is 1. The molecule has 0 N–H and O–H groups in total. The number of amides is 1. The van der Waals surface area contributed by atoms with E-state index in [-0.39, 0.29) is 11.0 Å². The van der Waals surface area contributed by atoms with E-state index in [2.05, 4.69) is 0 Å². The van der Waals surface area contributed by atoms with Crippen LogP contribution in [0, 0.1) is 5.92 Å². The largest absolute Gasteiger partial charge is 0.343 e. The number of alkyl halides is 4. The Kier molecular flexibility index (Phi) is 8.34. The Morgan fingerprint density at radius 3 is 2.03 bits per heavy atom. The van der Waals surface area contributed by atoms with Crippen molar-refractivity contribution in [1.29, 1.82) is 0 Å². The van der Waals surface area contributed by atoms with E-state index in [4.69, 9.17) is 69.6 Å². The number of unbranched alkanes of at least 4 members (excludes halogenated alkanes) is 5.